The number of benzene rings is 1. The Morgan fingerprint density at radius 3 is 2.34 bits per heavy atom. The highest BCUT2D eigenvalue weighted by Crippen LogP contribution is 2.32. The van der Waals surface area contributed by atoms with Gasteiger partial charge in [0, 0.05) is 12.8 Å². The number of esters is 2. The highest BCUT2D eigenvalue weighted by Gasteiger charge is 2.43. The lowest BCUT2D eigenvalue weighted by atomic mass is 9.86. The first kappa shape index (κ1) is 31.6. The van der Waals surface area contributed by atoms with E-state index in [0.29, 0.717) is 25.7 Å². The van der Waals surface area contributed by atoms with Crippen molar-refractivity contribution >= 4 is 18.3 Å². The van der Waals surface area contributed by atoms with E-state index in [1.54, 1.807) is 0 Å². The monoisotopic (exact) mass is 527 g/mol. The summed E-state index contributed by atoms with van der Waals surface area (Å²) < 4.78 is 11.5. The highest BCUT2D eigenvalue weighted by atomic mass is 16.6. The van der Waals surface area contributed by atoms with Crippen LogP contribution in [0.1, 0.15) is 109 Å². The van der Waals surface area contributed by atoms with Crippen molar-refractivity contribution in [3.63, 3.8) is 0 Å². The van der Waals surface area contributed by atoms with E-state index in [4.69, 9.17) is 9.47 Å². The predicted octanol–water partition coefficient (Wildman–Crippen LogP) is 6.85. The van der Waals surface area contributed by atoms with Gasteiger partial charge in [-0.2, -0.15) is 0 Å². The van der Waals surface area contributed by atoms with E-state index in [9.17, 15) is 14.4 Å². The van der Waals surface area contributed by atoms with Crippen LogP contribution in [0.3, 0.4) is 0 Å². The number of ether oxygens (including phenoxy) is 2. The van der Waals surface area contributed by atoms with E-state index < -0.39 is 12.0 Å². The number of hydrogen-bond donors (Lipinski definition) is 1. The summed E-state index contributed by atoms with van der Waals surface area (Å²) in [6, 6.07) is 8.82. The lowest BCUT2D eigenvalue weighted by molar-refractivity contribution is -0.190. The summed E-state index contributed by atoms with van der Waals surface area (Å²) in [5.41, 5.74) is 0.947. The minimum Gasteiger partial charge on any atom is -0.461 e. The second kappa shape index (κ2) is 19.4. The molecule has 1 fully saturated rings. The van der Waals surface area contributed by atoms with E-state index in [2.05, 4.69) is 31.3 Å². The molecule has 1 aromatic carbocycles. The van der Waals surface area contributed by atoms with Gasteiger partial charge >= 0.3 is 11.9 Å². The Balaban J connectivity index is 1.94. The molecule has 0 spiro atoms. The third-order valence-corrected chi connectivity index (χ3v) is 7.30. The van der Waals surface area contributed by atoms with Gasteiger partial charge in [0.15, 0.2) is 0 Å². The van der Waals surface area contributed by atoms with Crippen LogP contribution < -0.4 is 5.32 Å². The third-order valence-electron chi connectivity index (χ3n) is 7.30. The molecule has 2 rings (SSSR count). The molecule has 1 saturated heterocycles. The predicted molar refractivity (Wildman–Crippen MR) is 152 cm³/mol. The van der Waals surface area contributed by atoms with Gasteiger partial charge in [-0.05, 0) is 37.7 Å². The summed E-state index contributed by atoms with van der Waals surface area (Å²) in [5.74, 6) is -0.694. The largest absolute Gasteiger partial charge is 0.461 e. The van der Waals surface area contributed by atoms with Gasteiger partial charge in [0.2, 0.25) is 6.41 Å². The average Bonchev–Trinajstić information content (AvgIpc) is 2.91. The molecule has 212 valence electrons. The van der Waals surface area contributed by atoms with Gasteiger partial charge in [0.25, 0.3) is 0 Å². The van der Waals surface area contributed by atoms with Crippen LogP contribution in [-0.4, -0.2) is 36.6 Å². The molecule has 4 atom stereocenters. The van der Waals surface area contributed by atoms with Crippen LogP contribution >= 0.6 is 0 Å². The Labute approximate surface area is 229 Å². The van der Waals surface area contributed by atoms with Crippen LogP contribution in [0, 0.1) is 5.92 Å². The summed E-state index contributed by atoms with van der Waals surface area (Å²) in [6.07, 6.45) is 19.3. The van der Waals surface area contributed by atoms with Gasteiger partial charge in [0.05, 0.1) is 5.92 Å². The Morgan fingerprint density at radius 2 is 1.66 bits per heavy atom. The number of rotatable bonds is 22. The normalized spacial score (nSPS) is 18.4. The minimum atomic E-state index is -0.759. The standard InChI is InChI=1S/C32H49NO5/c1-3-5-7-9-10-11-12-13-17-21-27(24-30-28(31(35)38-30)22-18-8-6-4-2)37-32(36)29(33-25-34)23-26-19-15-14-16-20-26/h12-16,19-20,25,27-30H,3-11,17-18,21-24H2,1-2H3,(H,33,34)/t27-,28-,29-,30-/m0/s1. The maximum Gasteiger partial charge on any atom is 0.329 e. The number of hydrogen-bond acceptors (Lipinski definition) is 5. The molecule has 6 heteroatoms. The molecule has 0 bridgehead atoms. The van der Waals surface area contributed by atoms with Crippen molar-refractivity contribution < 1.29 is 23.9 Å². The minimum absolute atomic E-state index is 0.111. The van der Waals surface area contributed by atoms with E-state index >= 15 is 0 Å². The van der Waals surface area contributed by atoms with Crippen LogP contribution in [0.4, 0.5) is 0 Å². The number of unbranched alkanes of at least 4 members (excludes halogenated alkanes) is 8. The molecule has 0 unspecified atom stereocenters. The van der Waals surface area contributed by atoms with Gasteiger partial charge in [-0.1, -0.05) is 108 Å². The van der Waals surface area contributed by atoms with Gasteiger partial charge in [0.1, 0.15) is 18.2 Å². The van der Waals surface area contributed by atoms with Crippen molar-refractivity contribution in [1.29, 1.82) is 0 Å². The van der Waals surface area contributed by atoms with Crippen LogP contribution in [0.5, 0.6) is 0 Å². The molecule has 1 N–H and O–H groups in total. The van der Waals surface area contributed by atoms with Crippen molar-refractivity contribution in [3.05, 3.63) is 48.0 Å². The van der Waals surface area contributed by atoms with Crippen molar-refractivity contribution in [2.75, 3.05) is 0 Å². The zero-order chi connectivity index (χ0) is 27.4. The molecule has 1 amide bonds. The third kappa shape index (κ3) is 12.3. The first-order valence-corrected chi connectivity index (χ1v) is 14.9. The maximum absolute atomic E-state index is 13.1. The van der Waals surface area contributed by atoms with Gasteiger partial charge < -0.3 is 14.8 Å². The Hall–Kier alpha value is -2.63. The van der Waals surface area contributed by atoms with Gasteiger partial charge in [-0.15, -0.1) is 0 Å². The summed E-state index contributed by atoms with van der Waals surface area (Å²) >= 11 is 0. The van der Waals surface area contributed by atoms with Crippen molar-refractivity contribution in [1.82, 2.24) is 5.32 Å². The zero-order valence-electron chi connectivity index (χ0n) is 23.6. The smallest absolute Gasteiger partial charge is 0.329 e. The summed E-state index contributed by atoms with van der Waals surface area (Å²) in [7, 11) is 0. The first-order valence-electron chi connectivity index (χ1n) is 14.9. The Kier molecular flexibility index (Phi) is 16.2. The molecule has 1 aliphatic heterocycles. The fourth-order valence-electron chi connectivity index (χ4n) is 4.96. The van der Waals surface area contributed by atoms with E-state index in [0.717, 1.165) is 44.1 Å². The second-order valence-corrected chi connectivity index (χ2v) is 10.5. The average molecular weight is 528 g/mol. The highest BCUT2D eigenvalue weighted by molar-refractivity contribution is 5.79. The van der Waals surface area contributed by atoms with Crippen LogP contribution in [0.2, 0.25) is 0 Å². The summed E-state index contributed by atoms with van der Waals surface area (Å²) in [4.78, 5) is 36.5. The van der Waals surface area contributed by atoms with Crippen molar-refractivity contribution in [3.8, 4) is 0 Å². The fraction of sp³-hybridized carbons (Fsp3) is 0.656. The molecule has 0 saturated carbocycles. The molecule has 0 radical (unpaired) electrons. The molecule has 1 aromatic rings. The molecule has 38 heavy (non-hydrogen) atoms. The van der Waals surface area contributed by atoms with Gasteiger partial charge in [-0.25, -0.2) is 4.79 Å². The quantitative estimate of drug-likeness (QED) is 0.0771. The topological polar surface area (TPSA) is 81.7 Å². The lowest BCUT2D eigenvalue weighted by Crippen LogP contribution is -2.48. The van der Waals surface area contributed by atoms with Gasteiger partial charge in [-0.3, -0.25) is 9.59 Å². The van der Waals surface area contributed by atoms with Crippen molar-refractivity contribution in [2.24, 2.45) is 5.92 Å². The number of nitrogens with one attached hydrogen (secondary N) is 1. The molecular formula is C32H49NO5. The SMILES string of the molecule is CCCCCCCC=CCC[C@@H](C[C@@H]1OC(=O)[C@H]1CCCCCC)OC(=O)[C@H](Cc1ccccc1)NC=O. The molecule has 0 aromatic heterocycles. The molecule has 1 heterocycles. The number of carbonyl (C=O) groups excluding carboxylic acids is 3. The Morgan fingerprint density at radius 1 is 0.974 bits per heavy atom. The number of cyclic esters (lactones) is 1. The van der Waals surface area contributed by atoms with E-state index in [-0.39, 0.29) is 24.1 Å². The molecule has 1 aliphatic rings. The molecular weight excluding hydrogens is 478 g/mol. The van der Waals surface area contributed by atoms with Crippen LogP contribution in [-0.2, 0) is 30.3 Å². The number of carbonyl (C=O) groups is 3. The molecule has 6 nitrogen and oxygen atoms in total. The first-order chi connectivity index (χ1) is 18.6. The number of amides is 1. The number of allylic oxidation sites excluding steroid dienone is 2. The lowest BCUT2D eigenvalue weighted by Gasteiger charge is -2.37. The van der Waals surface area contributed by atoms with Crippen molar-refractivity contribution in [2.45, 2.75) is 128 Å². The Bertz CT molecular complexity index is 824. The zero-order valence-corrected chi connectivity index (χ0v) is 23.6. The summed E-state index contributed by atoms with van der Waals surface area (Å²) in [6.45, 7) is 4.39. The summed E-state index contributed by atoms with van der Waals surface area (Å²) in [5, 5.41) is 2.62. The molecule has 0 aliphatic carbocycles. The van der Waals surface area contributed by atoms with Crippen LogP contribution in [0.15, 0.2) is 42.5 Å². The van der Waals surface area contributed by atoms with Crippen LogP contribution in [0.25, 0.3) is 0 Å². The van der Waals surface area contributed by atoms with E-state index in [1.807, 2.05) is 30.3 Å². The van der Waals surface area contributed by atoms with E-state index in [1.165, 1.54) is 38.5 Å². The fourth-order valence-corrected chi connectivity index (χ4v) is 4.96. The maximum atomic E-state index is 13.1. The second-order valence-electron chi connectivity index (χ2n) is 10.5.